The first-order valence-electron chi connectivity index (χ1n) is 5.62. The van der Waals surface area contributed by atoms with Gasteiger partial charge in [0.15, 0.2) is 0 Å². The van der Waals surface area contributed by atoms with E-state index in [2.05, 4.69) is 14.8 Å². The Kier molecular flexibility index (Phi) is 6.40. The summed E-state index contributed by atoms with van der Waals surface area (Å²) in [6.07, 6.45) is -4.41. The second-order valence-corrected chi connectivity index (χ2v) is 6.98. The number of hydrogen-bond donors (Lipinski definition) is 2. The van der Waals surface area contributed by atoms with Gasteiger partial charge in [-0.15, -0.1) is 11.3 Å². The Morgan fingerprint density at radius 3 is 2.65 bits per heavy atom. The molecule has 1 rings (SSSR count). The lowest BCUT2D eigenvalue weighted by Crippen LogP contribution is -2.28. The predicted molar refractivity (Wildman–Crippen MR) is 69.1 cm³/mol. The molecule has 0 unspecified atom stereocenters. The third kappa shape index (κ3) is 6.18. The van der Waals surface area contributed by atoms with Crippen LogP contribution in [0.2, 0.25) is 0 Å². The fraction of sp³-hybridized carbons (Fsp3) is 0.600. The molecule has 0 saturated carbocycles. The van der Waals surface area contributed by atoms with Gasteiger partial charge in [-0.2, -0.15) is 13.2 Å². The number of sulfonamides is 1. The molecular formula is C10H15F3N2O3S2. The molecule has 2 N–H and O–H groups in total. The summed E-state index contributed by atoms with van der Waals surface area (Å²) in [5.41, 5.74) is 0. The Morgan fingerprint density at radius 2 is 2.05 bits per heavy atom. The molecular weight excluding hydrogens is 317 g/mol. The molecule has 10 heteroatoms. The summed E-state index contributed by atoms with van der Waals surface area (Å²) in [7, 11) is -1.95. The van der Waals surface area contributed by atoms with Crippen LogP contribution in [0.25, 0.3) is 0 Å². The van der Waals surface area contributed by atoms with Gasteiger partial charge in [0.25, 0.3) is 0 Å². The Hall–Kier alpha value is -0.680. The van der Waals surface area contributed by atoms with Gasteiger partial charge in [0.1, 0.15) is 10.8 Å². The summed E-state index contributed by atoms with van der Waals surface area (Å²) in [6.45, 7) is -1.39. The molecule has 0 amide bonds. The van der Waals surface area contributed by atoms with Gasteiger partial charge in [-0.3, -0.25) is 0 Å². The molecule has 1 aromatic heterocycles. The molecule has 0 aliphatic heterocycles. The number of nitrogens with one attached hydrogen (secondary N) is 2. The van der Waals surface area contributed by atoms with Crippen molar-refractivity contribution in [2.45, 2.75) is 16.9 Å². The van der Waals surface area contributed by atoms with E-state index in [1.807, 2.05) is 0 Å². The Morgan fingerprint density at radius 1 is 1.35 bits per heavy atom. The minimum Gasteiger partial charge on any atom is -0.371 e. The molecule has 1 heterocycles. The number of halogens is 3. The third-order valence-electron chi connectivity index (χ3n) is 2.06. The number of rotatable bonds is 8. The van der Waals surface area contributed by atoms with Crippen LogP contribution in [-0.2, 0) is 21.3 Å². The lowest BCUT2D eigenvalue weighted by atomic mass is 10.5. The highest BCUT2D eigenvalue weighted by atomic mass is 32.2. The molecule has 0 aromatic carbocycles. The summed E-state index contributed by atoms with van der Waals surface area (Å²) in [4.78, 5) is 0.848. The summed E-state index contributed by atoms with van der Waals surface area (Å²) in [5, 5.41) is 2.89. The van der Waals surface area contributed by atoms with Crippen molar-refractivity contribution in [3.8, 4) is 0 Å². The van der Waals surface area contributed by atoms with Crippen molar-refractivity contribution in [1.29, 1.82) is 0 Å². The zero-order chi connectivity index (χ0) is 15.2. The Bertz CT molecular complexity index is 514. The van der Waals surface area contributed by atoms with Crippen molar-refractivity contribution in [1.82, 2.24) is 10.0 Å². The molecule has 20 heavy (non-hydrogen) atoms. The zero-order valence-electron chi connectivity index (χ0n) is 10.7. The van der Waals surface area contributed by atoms with Gasteiger partial charge < -0.3 is 10.1 Å². The van der Waals surface area contributed by atoms with Crippen LogP contribution in [0.5, 0.6) is 0 Å². The lowest BCUT2D eigenvalue weighted by Gasteiger charge is -2.08. The van der Waals surface area contributed by atoms with Crippen molar-refractivity contribution >= 4 is 21.4 Å². The highest BCUT2D eigenvalue weighted by Crippen LogP contribution is 2.21. The molecule has 0 aliphatic carbocycles. The minimum absolute atomic E-state index is 0.124. The number of hydrogen-bond acceptors (Lipinski definition) is 5. The van der Waals surface area contributed by atoms with E-state index in [1.54, 1.807) is 13.1 Å². The van der Waals surface area contributed by atoms with Crippen LogP contribution in [0.3, 0.4) is 0 Å². The lowest BCUT2D eigenvalue weighted by molar-refractivity contribution is -0.173. The maximum Gasteiger partial charge on any atom is 0.411 e. The molecule has 0 aliphatic rings. The normalized spacial score (nSPS) is 12.8. The molecule has 116 valence electrons. The SMILES string of the molecule is CNCc1ccc(S(=O)(=O)NCCOCC(F)(F)F)s1. The van der Waals surface area contributed by atoms with Gasteiger partial charge in [0.2, 0.25) is 10.0 Å². The van der Waals surface area contributed by atoms with E-state index in [0.29, 0.717) is 6.54 Å². The Labute approximate surface area is 119 Å². The first-order valence-corrected chi connectivity index (χ1v) is 7.92. The third-order valence-corrected chi connectivity index (χ3v) is 5.10. The van der Waals surface area contributed by atoms with Gasteiger partial charge in [-0.05, 0) is 19.2 Å². The number of thiophene rings is 1. The fourth-order valence-electron chi connectivity index (χ4n) is 1.28. The van der Waals surface area contributed by atoms with E-state index >= 15 is 0 Å². The standard InChI is InChI=1S/C10H15F3N2O3S2/c1-14-6-8-2-3-9(19-8)20(16,17)15-4-5-18-7-10(11,12)13/h2-3,14-15H,4-7H2,1H3. The number of alkyl halides is 3. The van der Waals surface area contributed by atoms with Crippen LogP contribution in [-0.4, -0.2) is 41.4 Å². The average molecular weight is 332 g/mol. The first kappa shape index (κ1) is 17.4. The molecule has 1 aromatic rings. The quantitative estimate of drug-likeness (QED) is 0.705. The van der Waals surface area contributed by atoms with Gasteiger partial charge in [-0.25, -0.2) is 13.1 Å². The van der Waals surface area contributed by atoms with Crippen molar-refractivity contribution in [2.24, 2.45) is 0 Å². The van der Waals surface area contributed by atoms with Crippen molar-refractivity contribution < 1.29 is 26.3 Å². The smallest absolute Gasteiger partial charge is 0.371 e. The second-order valence-electron chi connectivity index (χ2n) is 3.82. The van der Waals surface area contributed by atoms with Crippen molar-refractivity contribution in [3.63, 3.8) is 0 Å². The van der Waals surface area contributed by atoms with Gasteiger partial charge in [0.05, 0.1) is 6.61 Å². The van der Waals surface area contributed by atoms with Crippen molar-refractivity contribution in [3.05, 3.63) is 17.0 Å². The largest absolute Gasteiger partial charge is 0.411 e. The Balaban J connectivity index is 2.41. The van der Waals surface area contributed by atoms with Crippen LogP contribution in [0.15, 0.2) is 16.3 Å². The van der Waals surface area contributed by atoms with Crippen LogP contribution >= 0.6 is 11.3 Å². The molecule has 0 fully saturated rings. The molecule has 0 saturated heterocycles. The minimum atomic E-state index is -4.41. The van der Waals surface area contributed by atoms with E-state index < -0.39 is 22.8 Å². The molecule has 0 spiro atoms. The highest BCUT2D eigenvalue weighted by Gasteiger charge is 2.27. The second kappa shape index (κ2) is 7.36. The van der Waals surface area contributed by atoms with Gasteiger partial charge in [0, 0.05) is 18.0 Å². The summed E-state index contributed by atoms with van der Waals surface area (Å²) in [6, 6.07) is 3.13. The first-order chi connectivity index (χ1) is 9.24. The summed E-state index contributed by atoms with van der Waals surface area (Å²) in [5.74, 6) is 0. The maximum absolute atomic E-state index is 11.8. The zero-order valence-corrected chi connectivity index (χ0v) is 12.3. The summed E-state index contributed by atoms with van der Waals surface area (Å²) >= 11 is 1.10. The van der Waals surface area contributed by atoms with E-state index in [0.717, 1.165) is 16.2 Å². The molecule has 0 radical (unpaired) electrons. The monoisotopic (exact) mass is 332 g/mol. The average Bonchev–Trinajstić information content (AvgIpc) is 2.77. The van der Waals surface area contributed by atoms with E-state index in [-0.39, 0.29) is 17.4 Å². The van der Waals surface area contributed by atoms with Crippen LogP contribution in [0, 0.1) is 0 Å². The van der Waals surface area contributed by atoms with Crippen LogP contribution < -0.4 is 10.0 Å². The van der Waals surface area contributed by atoms with E-state index in [1.165, 1.54) is 6.07 Å². The molecule has 0 bridgehead atoms. The number of ether oxygens (including phenoxy) is 1. The van der Waals surface area contributed by atoms with Crippen molar-refractivity contribution in [2.75, 3.05) is 26.8 Å². The van der Waals surface area contributed by atoms with E-state index in [4.69, 9.17) is 0 Å². The fourth-order valence-corrected chi connectivity index (χ4v) is 3.70. The molecule has 5 nitrogen and oxygen atoms in total. The summed E-state index contributed by atoms with van der Waals surface area (Å²) < 4.78 is 65.6. The van der Waals surface area contributed by atoms with Crippen LogP contribution in [0.1, 0.15) is 4.88 Å². The van der Waals surface area contributed by atoms with E-state index in [9.17, 15) is 21.6 Å². The highest BCUT2D eigenvalue weighted by molar-refractivity contribution is 7.91. The van der Waals surface area contributed by atoms with Gasteiger partial charge >= 0.3 is 6.18 Å². The van der Waals surface area contributed by atoms with Crippen LogP contribution in [0.4, 0.5) is 13.2 Å². The predicted octanol–water partition coefficient (Wildman–Crippen LogP) is 1.32. The molecule has 0 atom stereocenters. The van der Waals surface area contributed by atoms with Gasteiger partial charge in [-0.1, -0.05) is 0 Å². The topological polar surface area (TPSA) is 67.4 Å². The maximum atomic E-state index is 11.8.